The predicted molar refractivity (Wildman–Crippen MR) is 50.1 cm³/mol. The molecule has 6 heteroatoms. The summed E-state index contributed by atoms with van der Waals surface area (Å²) in [6, 6.07) is 8.74. The Morgan fingerprint density at radius 3 is 2.00 bits per heavy atom. The summed E-state index contributed by atoms with van der Waals surface area (Å²) in [4.78, 5) is 19.1. The Labute approximate surface area is 85.7 Å². The lowest BCUT2D eigenvalue weighted by Crippen LogP contribution is -2.06. The molecule has 0 aliphatic carbocycles. The normalized spacial score (nSPS) is 8.07. The van der Waals surface area contributed by atoms with Crippen LogP contribution >= 0.6 is 0 Å². The molecule has 0 spiro atoms. The van der Waals surface area contributed by atoms with Crippen LogP contribution in [0.1, 0.15) is 0 Å². The molecule has 2 N–H and O–H groups in total. The highest BCUT2D eigenvalue weighted by Crippen LogP contribution is 2.08. The van der Waals surface area contributed by atoms with E-state index in [1.807, 2.05) is 6.07 Å². The topological polar surface area (TPSA) is 93.1 Å². The zero-order chi connectivity index (χ0) is 11.7. The first kappa shape index (κ1) is 12.8. The first-order chi connectivity index (χ1) is 7.06. The average molecular weight is 214 g/mol. The van der Waals surface area contributed by atoms with Crippen LogP contribution in [0.15, 0.2) is 30.3 Å². The van der Waals surface area contributed by atoms with Crippen LogP contribution in [0.2, 0.25) is 0 Å². The van der Waals surface area contributed by atoms with Gasteiger partial charge in [-0.25, -0.2) is 9.59 Å². The quantitative estimate of drug-likeness (QED) is 0.549. The van der Waals surface area contributed by atoms with Gasteiger partial charge in [0.05, 0.1) is 7.11 Å². The second-order valence-electron chi connectivity index (χ2n) is 2.15. The van der Waals surface area contributed by atoms with E-state index in [4.69, 9.17) is 19.7 Å². The standard InChI is InChI=1S/C8H8O3.CH2O3/c1-10-8(9)11-7-5-3-2-4-6-7;2-1(3)4/h2-6H,1H3;(H2,2,3,4). The van der Waals surface area contributed by atoms with E-state index in [1.165, 1.54) is 7.11 Å². The summed E-state index contributed by atoms with van der Waals surface area (Å²) >= 11 is 0. The number of para-hydroxylation sites is 1. The van der Waals surface area contributed by atoms with E-state index in [9.17, 15) is 4.79 Å². The molecule has 82 valence electrons. The van der Waals surface area contributed by atoms with E-state index in [1.54, 1.807) is 24.3 Å². The molecule has 6 nitrogen and oxygen atoms in total. The van der Waals surface area contributed by atoms with Gasteiger partial charge in [0.15, 0.2) is 0 Å². The van der Waals surface area contributed by atoms with Crippen molar-refractivity contribution < 1.29 is 29.3 Å². The summed E-state index contributed by atoms with van der Waals surface area (Å²) in [7, 11) is 1.27. The minimum absolute atomic E-state index is 0.486. The zero-order valence-corrected chi connectivity index (χ0v) is 7.91. The summed E-state index contributed by atoms with van der Waals surface area (Å²) < 4.78 is 9.00. The van der Waals surface area contributed by atoms with Crippen LogP contribution in [0.25, 0.3) is 0 Å². The lowest BCUT2D eigenvalue weighted by atomic mass is 10.3. The van der Waals surface area contributed by atoms with Crippen LogP contribution < -0.4 is 4.74 Å². The molecule has 0 saturated carbocycles. The van der Waals surface area contributed by atoms with E-state index in [2.05, 4.69) is 4.74 Å². The van der Waals surface area contributed by atoms with Crippen molar-refractivity contribution in [3.05, 3.63) is 30.3 Å². The number of carbonyl (C=O) groups is 2. The van der Waals surface area contributed by atoms with Gasteiger partial charge in [-0.1, -0.05) is 18.2 Å². The van der Waals surface area contributed by atoms with Crippen molar-refractivity contribution in [2.24, 2.45) is 0 Å². The number of methoxy groups -OCH3 is 1. The number of carbonyl (C=O) groups excluding carboxylic acids is 1. The summed E-state index contributed by atoms with van der Waals surface area (Å²) in [6.45, 7) is 0. The monoisotopic (exact) mass is 214 g/mol. The average Bonchev–Trinajstić information content (AvgIpc) is 2.18. The molecule has 0 aliphatic heterocycles. The van der Waals surface area contributed by atoms with Crippen molar-refractivity contribution in [2.45, 2.75) is 0 Å². The van der Waals surface area contributed by atoms with Crippen LogP contribution in [-0.4, -0.2) is 29.6 Å². The molecule has 0 unspecified atom stereocenters. The lowest BCUT2D eigenvalue weighted by Gasteiger charge is -1.99. The molecule has 0 aliphatic rings. The fourth-order valence-electron chi connectivity index (χ4n) is 0.626. The van der Waals surface area contributed by atoms with Gasteiger partial charge in [-0.05, 0) is 12.1 Å². The first-order valence-electron chi connectivity index (χ1n) is 3.79. The molecule has 0 atom stereocenters. The third-order valence-electron chi connectivity index (χ3n) is 1.11. The molecule has 0 aromatic heterocycles. The maximum Gasteiger partial charge on any atom is 0.513 e. The fraction of sp³-hybridized carbons (Fsp3) is 0.111. The molecule has 0 amide bonds. The predicted octanol–water partition coefficient (Wildman–Crippen LogP) is 2.05. The van der Waals surface area contributed by atoms with Gasteiger partial charge in [0.2, 0.25) is 0 Å². The SMILES string of the molecule is COC(=O)Oc1ccccc1.O=C(O)O. The third kappa shape index (κ3) is 8.10. The molecule has 0 saturated heterocycles. The number of benzene rings is 1. The highest BCUT2D eigenvalue weighted by atomic mass is 16.7. The van der Waals surface area contributed by atoms with Gasteiger partial charge in [0.1, 0.15) is 5.75 Å². The van der Waals surface area contributed by atoms with Crippen LogP contribution in [0.5, 0.6) is 5.75 Å². The van der Waals surface area contributed by atoms with Gasteiger partial charge >= 0.3 is 12.3 Å². The molecule has 0 bridgehead atoms. The maximum absolute atomic E-state index is 10.5. The zero-order valence-electron chi connectivity index (χ0n) is 7.91. The summed E-state index contributed by atoms with van der Waals surface area (Å²) in [6.07, 6.45) is -2.53. The van der Waals surface area contributed by atoms with E-state index in [0.717, 1.165) is 0 Å². The summed E-state index contributed by atoms with van der Waals surface area (Å²) in [5.41, 5.74) is 0. The van der Waals surface area contributed by atoms with E-state index in [-0.39, 0.29) is 0 Å². The van der Waals surface area contributed by atoms with E-state index >= 15 is 0 Å². The number of ether oxygens (including phenoxy) is 2. The van der Waals surface area contributed by atoms with Crippen LogP contribution in [0.3, 0.4) is 0 Å². The summed E-state index contributed by atoms with van der Waals surface area (Å²) in [5, 5.41) is 13.9. The third-order valence-corrected chi connectivity index (χ3v) is 1.11. The van der Waals surface area contributed by atoms with Gasteiger partial charge in [-0.3, -0.25) is 0 Å². The van der Waals surface area contributed by atoms with Crippen molar-refractivity contribution in [3.8, 4) is 5.75 Å². The van der Waals surface area contributed by atoms with Gasteiger partial charge in [-0.15, -0.1) is 0 Å². The van der Waals surface area contributed by atoms with Crippen molar-refractivity contribution in [3.63, 3.8) is 0 Å². The molecule has 0 radical (unpaired) electrons. The highest BCUT2D eigenvalue weighted by molar-refractivity contribution is 5.63. The molecular formula is C9H10O6. The van der Waals surface area contributed by atoms with Crippen LogP contribution in [0, 0.1) is 0 Å². The Bertz CT molecular complexity index is 304. The highest BCUT2D eigenvalue weighted by Gasteiger charge is 2.00. The largest absolute Gasteiger partial charge is 0.513 e. The minimum atomic E-state index is -1.83. The smallest absolute Gasteiger partial charge is 0.450 e. The van der Waals surface area contributed by atoms with Crippen molar-refractivity contribution in [1.29, 1.82) is 0 Å². The van der Waals surface area contributed by atoms with Gasteiger partial charge in [0, 0.05) is 0 Å². The van der Waals surface area contributed by atoms with Gasteiger partial charge < -0.3 is 19.7 Å². The first-order valence-corrected chi connectivity index (χ1v) is 3.79. The molecule has 15 heavy (non-hydrogen) atoms. The van der Waals surface area contributed by atoms with Crippen molar-refractivity contribution in [2.75, 3.05) is 7.11 Å². The molecular weight excluding hydrogens is 204 g/mol. The number of carboxylic acid groups (broad SMARTS) is 2. The van der Waals surface area contributed by atoms with Gasteiger partial charge in [0.25, 0.3) is 0 Å². The van der Waals surface area contributed by atoms with Crippen molar-refractivity contribution in [1.82, 2.24) is 0 Å². The molecule has 1 aromatic carbocycles. The van der Waals surface area contributed by atoms with E-state index in [0.29, 0.717) is 5.75 Å². The van der Waals surface area contributed by atoms with Crippen LogP contribution in [0.4, 0.5) is 9.59 Å². The molecule has 1 rings (SSSR count). The van der Waals surface area contributed by atoms with E-state index < -0.39 is 12.3 Å². The minimum Gasteiger partial charge on any atom is -0.450 e. The number of rotatable bonds is 1. The fourth-order valence-corrected chi connectivity index (χ4v) is 0.626. The Balaban J connectivity index is 0.000000423. The lowest BCUT2D eigenvalue weighted by molar-refractivity contribution is 0.121. The molecule has 1 aromatic rings. The van der Waals surface area contributed by atoms with Crippen LogP contribution in [-0.2, 0) is 4.74 Å². The summed E-state index contributed by atoms with van der Waals surface area (Å²) in [5.74, 6) is 0.486. The number of hydrogen-bond donors (Lipinski definition) is 2. The Morgan fingerprint density at radius 1 is 1.13 bits per heavy atom. The molecule has 0 fully saturated rings. The number of hydrogen-bond acceptors (Lipinski definition) is 4. The second-order valence-corrected chi connectivity index (χ2v) is 2.15. The van der Waals surface area contributed by atoms with Gasteiger partial charge in [-0.2, -0.15) is 0 Å². The Kier molecular flexibility index (Phi) is 6.12. The van der Waals surface area contributed by atoms with Crippen molar-refractivity contribution >= 4 is 12.3 Å². The maximum atomic E-state index is 10.5. The molecule has 0 heterocycles. The Morgan fingerprint density at radius 2 is 1.60 bits per heavy atom. The second kappa shape index (κ2) is 7.19. The Hall–Kier alpha value is -2.24.